The predicted molar refractivity (Wildman–Crippen MR) is 71.9 cm³/mol. The summed E-state index contributed by atoms with van der Waals surface area (Å²) >= 11 is 0. The number of benzene rings is 1. The van der Waals surface area contributed by atoms with Crippen molar-refractivity contribution in [3.05, 3.63) is 29.8 Å². The average Bonchev–Trinajstić information content (AvgIpc) is 2.46. The molecule has 0 radical (unpaired) electrons. The van der Waals surface area contributed by atoms with Gasteiger partial charge in [-0.2, -0.15) is 5.26 Å². The van der Waals surface area contributed by atoms with Crippen LogP contribution < -0.4 is 10.0 Å². The zero-order valence-corrected chi connectivity index (χ0v) is 11.4. The minimum atomic E-state index is -3.51. The Hall–Kier alpha value is -1.42. The molecule has 6 heteroatoms. The molecule has 1 aromatic rings. The number of piperidine rings is 1. The third-order valence-electron chi connectivity index (χ3n) is 3.29. The minimum Gasteiger partial charge on any atom is -0.317 e. The summed E-state index contributed by atoms with van der Waals surface area (Å²) in [5.41, 5.74) is 0.352. The molecule has 0 atom stereocenters. The molecule has 5 nitrogen and oxygen atoms in total. The fourth-order valence-corrected chi connectivity index (χ4v) is 3.29. The van der Waals surface area contributed by atoms with Crippen LogP contribution in [0.4, 0.5) is 0 Å². The van der Waals surface area contributed by atoms with Gasteiger partial charge in [-0.3, -0.25) is 0 Å². The molecule has 0 aromatic heterocycles. The highest BCUT2D eigenvalue weighted by Gasteiger charge is 2.18. The van der Waals surface area contributed by atoms with Crippen molar-refractivity contribution in [2.75, 3.05) is 19.6 Å². The van der Waals surface area contributed by atoms with Crippen LogP contribution >= 0.6 is 0 Å². The summed E-state index contributed by atoms with van der Waals surface area (Å²) in [4.78, 5) is 0.153. The largest absolute Gasteiger partial charge is 0.317 e. The second-order valence-corrected chi connectivity index (χ2v) is 6.45. The Morgan fingerprint density at radius 3 is 2.79 bits per heavy atom. The van der Waals surface area contributed by atoms with E-state index in [1.165, 1.54) is 12.1 Å². The van der Waals surface area contributed by atoms with Gasteiger partial charge >= 0.3 is 0 Å². The molecule has 19 heavy (non-hydrogen) atoms. The Morgan fingerprint density at radius 1 is 1.37 bits per heavy atom. The molecular weight excluding hydrogens is 262 g/mol. The Labute approximate surface area is 113 Å². The van der Waals surface area contributed by atoms with Gasteiger partial charge in [0, 0.05) is 6.54 Å². The van der Waals surface area contributed by atoms with Crippen LogP contribution in [0.15, 0.2) is 29.2 Å². The number of sulfonamides is 1. The zero-order valence-electron chi connectivity index (χ0n) is 10.6. The maximum absolute atomic E-state index is 12.1. The van der Waals surface area contributed by atoms with E-state index >= 15 is 0 Å². The van der Waals surface area contributed by atoms with Gasteiger partial charge < -0.3 is 5.32 Å². The lowest BCUT2D eigenvalue weighted by Gasteiger charge is -2.22. The van der Waals surface area contributed by atoms with Crippen molar-refractivity contribution in [3.8, 4) is 6.07 Å². The third kappa shape index (κ3) is 3.77. The van der Waals surface area contributed by atoms with E-state index in [2.05, 4.69) is 10.0 Å². The quantitative estimate of drug-likeness (QED) is 0.855. The summed E-state index contributed by atoms with van der Waals surface area (Å²) in [7, 11) is -3.51. The summed E-state index contributed by atoms with van der Waals surface area (Å²) in [6, 6.07) is 8.01. The molecule has 1 fully saturated rings. The normalized spacial score (nSPS) is 17.0. The van der Waals surface area contributed by atoms with Crippen molar-refractivity contribution in [3.63, 3.8) is 0 Å². The first-order chi connectivity index (χ1) is 9.12. The van der Waals surface area contributed by atoms with Crippen LogP contribution in [0.25, 0.3) is 0 Å². The molecule has 2 rings (SSSR count). The molecule has 2 N–H and O–H groups in total. The highest BCUT2D eigenvalue weighted by Crippen LogP contribution is 2.14. The Balaban J connectivity index is 2.03. The lowest BCUT2D eigenvalue weighted by atomic mass is 9.99. The van der Waals surface area contributed by atoms with E-state index < -0.39 is 10.0 Å². The maximum Gasteiger partial charge on any atom is 0.240 e. The number of nitrogens with zero attached hydrogens (tertiary/aromatic N) is 1. The molecule has 0 aliphatic carbocycles. The zero-order chi connectivity index (χ0) is 13.7. The molecule has 0 spiro atoms. The van der Waals surface area contributed by atoms with Crippen molar-refractivity contribution in [1.82, 2.24) is 10.0 Å². The Kier molecular flexibility index (Phi) is 4.53. The number of rotatable bonds is 4. The molecular formula is C13H17N3O2S. The van der Waals surface area contributed by atoms with Crippen molar-refractivity contribution in [1.29, 1.82) is 5.26 Å². The van der Waals surface area contributed by atoms with E-state index in [-0.39, 0.29) is 4.90 Å². The summed E-state index contributed by atoms with van der Waals surface area (Å²) < 4.78 is 26.8. The van der Waals surface area contributed by atoms with E-state index in [9.17, 15) is 8.42 Å². The van der Waals surface area contributed by atoms with E-state index in [1.54, 1.807) is 12.1 Å². The standard InChI is InChI=1S/C13H17N3O2S/c14-9-12-2-1-3-13(8-12)19(17,18)16-10-11-4-6-15-7-5-11/h1-3,8,11,15-16H,4-7,10H2. The van der Waals surface area contributed by atoms with E-state index in [1.807, 2.05) is 6.07 Å². The minimum absolute atomic E-state index is 0.153. The van der Waals surface area contributed by atoms with E-state index in [0.29, 0.717) is 18.0 Å². The van der Waals surface area contributed by atoms with Gasteiger partial charge in [0.2, 0.25) is 10.0 Å². The van der Waals surface area contributed by atoms with E-state index in [4.69, 9.17) is 5.26 Å². The topological polar surface area (TPSA) is 82.0 Å². The highest BCUT2D eigenvalue weighted by molar-refractivity contribution is 7.89. The number of hydrogen-bond acceptors (Lipinski definition) is 4. The van der Waals surface area contributed by atoms with Crippen molar-refractivity contribution >= 4 is 10.0 Å². The van der Waals surface area contributed by atoms with Crippen molar-refractivity contribution in [2.45, 2.75) is 17.7 Å². The molecule has 0 bridgehead atoms. The van der Waals surface area contributed by atoms with Crippen LogP contribution in [0.1, 0.15) is 18.4 Å². The van der Waals surface area contributed by atoms with Gasteiger partial charge in [-0.15, -0.1) is 0 Å². The summed E-state index contributed by atoms with van der Waals surface area (Å²) in [6.07, 6.45) is 1.97. The molecule has 102 valence electrons. The van der Waals surface area contributed by atoms with Gasteiger partial charge in [-0.25, -0.2) is 13.1 Å². The molecule has 0 saturated carbocycles. The van der Waals surface area contributed by atoms with Crippen LogP contribution in [0, 0.1) is 17.2 Å². The fraction of sp³-hybridized carbons (Fsp3) is 0.462. The van der Waals surface area contributed by atoms with Gasteiger partial charge in [0.15, 0.2) is 0 Å². The highest BCUT2D eigenvalue weighted by atomic mass is 32.2. The Morgan fingerprint density at radius 2 is 2.11 bits per heavy atom. The summed E-state index contributed by atoms with van der Waals surface area (Å²) in [6.45, 7) is 2.34. The second-order valence-electron chi connectivity index (χ2n) is 4.68. The van der Waals surface area contributed by atoms with Gasteiger partial charge in [0.05, 0.1) is 16.5 Å². The van der Waals surface area contributed by atoms with Crippen LogP contribution in [-0.2, 0) is 10.0 Å². The third-order valence-corrected chi connectivity index (χ3v) is 4.72. The first-order valence-electron chi connectivity index (χ1n) is 6.32. The van der Waals surface area contributed by atoms with Crippen LogP contribution in [0.2, 0.25) is 0 Å². The number of nitrogens with one attached hydrogen (secondary N) is 2. The second kappa shape index (κ2) is 6.15. The van der Waals surface area contributed by atoms with Crippen LogP contribution in [-0.4, -0.2) is 28.1 Å². The smallest absolute Gasteiger partial charge is 0.240 e. The Bertz CT molecular complexity index is 572. The lowest BCUT2D eigenvalue weighted by Crippen LogP contribution is -2.35. The summed E-state index contributed by atoms with van der Waals surface area (Å²) in [5.74, 6) is 0.384. The lowest BCUT2D eigenvalue weighted by molar-refractivity contribution is 0.372. The molecule has 0 unspecified atom stereocenters. The van der Waals surface area contributed by atoms with Gasteiger partial charge in [0.25, 0.3) is 0 Å². The number of nitriles is 1. The molecule has 1 aromatic carbocycles. The SMILES string of the molecule is N#Cc1cccc(S(=O)(=O)NCC2CCNCC2)c1. The van der Waals surface area contributed by atoms with Crippen LogP contribution in [0.5, 0.6) is 0 Å². The average molecular weight is 279 g/mol. The van der Waals surface area contributed by atoms with Crippen LogP contribution in [0.3, 0.4) is 0 Å². The summed E-state index contributed by atoms with van der Waals surface area (Å²) in [5, 5.41) is 12.0. The van der Waals surface area contributed by atoms with Gasteiger partial charge in [0.1, 0.15) is 0 Å². The first kappa shape index (κ1) is 14.0. The van der Waals surface area contributed by atoms with Crippen molar-refractivity contribution < 1.29 is 8.42 Å². The number of hydrogen-bond donors (Lipinski definition) is 2. The first-order valence-corrected chi connectivity index (χ1v) is 7.81. The van der Waals surface area contributed by atoms with Crippen molar-refractivity contribution in [2.24, 2.45) is 5.92 Å². The molecule has 0 amide bonds. The monoisotopic (exact) mass is 279 g/mol. The molecule has 1 saturated heterocycles. The molecule has 1 heterocycles. The van der Waals surface area contributed by atoms with Gasteiger partial charge in [-0.1, -0.05) is 6.07 Å². The van der Waals surface area contributed by atoms with Gasteiger partial charge in [-0.05, 0) is 50.0 Å². The fourth-order valence-electron chi connectivity index (χ4n) is 2.13. The van der Waals surface area contributed by atoms with E-state index in [0.717, 1.165) is 25.9 Å². The predicted octanol–water partition coefficient (Wildman–Crippen LogP) is 0.836. The molecule has 1 aliphatic heterocycles. The maximum atomic E-state index is 12.1. The molecule has 1 aliphatic rings.